The highest BCUT2D eigenvalue weighted by molar-refractivity contribution is 5.81. The molecule has 1 unspecified atom stereocenters. The summed E-state index contributed by atoms with van der Waals surface area (Å²) < 4.78 is 0. The van der Waals surface area contributed by atoms with Crippen LogP contribution in [0.25, 0.3) is 10.9 Å². The maximum Gasteiger partial charge on any atom is 0.0733 e. The third-order valence-electron chi connectivity index (χ3n) is 3.69. The molecule has 1 aliphatic carbocycles. The molecular weight excluding hydrogens is 208 g/mol. The van der Waals surface area contributed by atoms with E-state index in [2.05, 4.69) is 29.2 Å². The summed E-state index contributed by atoms with van der Waals surface area (Å²) in [4.78, 5) is 4.48. The van der Waals surface area contributed by atoms with Crippen molar-refractivity contribution >= 4 is 10.9 Å². The number of nitrogens with zero attached hydrogens (tertiary/aromatic N) is 1. The largest absolute Gasteiger partial charge is 0.327 e. The van der Waals surface area contributed by atoms with Gasteiger partial charge in [0.15, 0.2) is 0 Å². The molecule has 0 aliphatic heterocycles. The quantitative estimate of drug-likeness (QED) is 0.870. The van der Waals surface area contributed by atoms with Crippen LogP contribution in [-0.4, -0.2) is 11.0 Å². The van der Waals surface area contributed by atoms with E-state index in [0.29, 0.717) is 6.04 Å². The fraction of sp³-hybridized carbons (Fsp3) is 0.400. The van der Waals surface area contributed by atoms with Gasteiger partial charge in [0.1, 0.15) is 0 Å². The predicted molar refractivity (Wildman–Crippen MR) is 70.8 cm³/mol. The standard InChI is InChI=1S/C15H18N2/c16-14(11-6-7-11)9-8-13-4-1-3-12-5-2-10-17-15(12)13/h1-5,10-11,14H,6-9,16H2. The Morgan fingerprint density at radius 3 is 2.88 bits per heavy atom. The molecule has 88 valence electrons. The normalized spacial score (nSPS) is 17.2. The molecule has 1 saturated carbocycles. The average molecular weight is 226 g/mol. The third-order valence-corrected chi connectivity index (χ3v) is 3.69. The van der Waals surface area contributed by atoms with Gasteiger partial charge in [0, 0.05) is 17.6 Å². The van der Waals surface area contributed by atoms with E-state index in [1.807, 2.05) is 12.3 Å². The number of rotatable bonds is 4. The van der Waals surface area contributed by atoms with Gasteiger partial charge in [-0.05, 0) is 43.2 Å². The molecule has 1 aliphatic rings. The number of aryl methyl sites for hydroxylation is 1. The second kappa shape index (κ2) is 4.46. The molecule has 1 heterocycles. The van der Waals surface area contributed by atoms with Gasteiger partial charge in [0.05, 0.1) is 5.52 Å². The van der Waals surface area contributed by atoms with Gasteiger partial charge >= 0.3 is 0 Å². The van der Waals surface area contributed by atoms with Gasteiger partial charge in [0.2, 0.25) is 0 Å². The first-order valence-corrected chi connectivity index (χ1v) is 6.43. The lowest BCUT2D eigenvalue weighted by molar-refractivity contribution is 0.551. The molecule has 17 heavy (non-hydrogen) atoms. The number of aromatic nitrogens is 1. The topological polar surface area (TPSA) is 38.9 Å². The first-order chi connectivity index (χ1) is 8.34. The number of benzene rings is 1. The molecule has 1 atom stereocenters. The van der Waals surface area contributed by atoms with Crippen LogP contribution in [0.5, 0.6) is 0 Å². The molecule has 2 heteroatoms. The number of hydrogen-bond acceptors (Lipinski definition) is 2. The molecule has 0 bridgehead atoms. The maximum atomic E-state index is 6.15. The van der Waals surface area contributed by atoms with Gasteiger partial charge < -0.3 is 5.73 Å². The number of nitrogens with two attached hydrogens (primary N) is 1. The zero-order chi connectivity index (χ0) is 11.7. The summed E-state index contributed by atoms with van der Waals surface area (Å²) in [5.41, 5.74) is 8.62. The van der Waals surface area contributed by atoms with E-state index >= 15 is 0 Å². The Bertz CT molecular complexity index is 512. The van der Waals surface area contributed by atoms with Gasteiger partial charge in [0.25, 0.3) is 0 Å². The summed E-state index contributed by atoms with van der Waals surface area (Å²) in [6, 6.07) is 10.9. The monoisotopic (exact) mass is 226 g/mol. The van der Waals surface area contributed by atoms with Gasteiger partial charge in [-0.3, -0.25) is 4.98 Å². The first kappa shape index (κ1) is 10.7. The molecule has 0 amide bonds. The molecule has 2 N–H and O–H groups in total. The van der Waals surface area contributed by atoms with Crippen LogP contribution in [-0.2, 0) is 6.42 Å². The Kier molecular flexibility index (Phi) is 2.81. The van der Waals surface area contributed by atoms with E-state index in [1.54, 1.807) is 0 Å². The minimum Gasteiger partial charge on any atom is -0.327 e. The minimum atomic E-state index is 0.383. The lowest BCUT2D eigenvalue weighted by atomic mass is 10.0. The molecule has 1 aromatic carbocycles. The van der Waals surface area contributed by atoms with Crippen LogP contribution in [0.3, 0.4) is 0 Å². The summed E-state index contributed by atoms with van der Waals surface area (Å²) in [5.74, 6) is 0.790. The van der Waals surface area contributed by atoms with Crippen LogP contribution in [0.2, 0.25) is 0 Å². The highest BCUT2D eigenvalue weighted by Crippen LogP contribution is 2.33. The number of fused-ring (bicyclic) bond motifs is 1. The van der Waals surface area contributed by atoms with E-state index in [1.165, 1.54) is 23.8 Å². The Hall–Kier alpha value is -1.41. The van der Waals surface area contributed by atoms with Crippen molar-refractivity contribution in [1.82, 2.24) is 4.98 Å². The number of pyridine rings is 1. The predicted octanol–water partition coefficient (Wildman–Crippen LogP) is 2.90. The lowest BCUT2D eigenvalue weighted by Crippen LogP contribution is -2.22. The molecule has 2 nitrogen and oxygen atoms in total. The van der Waals surface area contributed by atoms with Crippen LogP contribution >= 0.6 is 0 Å². The summed E-state index contributed by atoms with van der Waals surface area (Å²) in [6.45, 7) is 0. The van der Waals surface area contributed by atoms with Crippen molar-refractivity contribution < 1.29 is 0 Å². The van der Waals surface area contributed by atoms with Gasteiger partial charge in [-0.25, -0.2) is 0 Å². The highest BCUT2D eigenvalue weighted by Gasteiger charge is 2.27. The van der Waals surface area contributed by atoms with Crippen molar-refractivity contribution in [2.75, 3.05) is 0 Å². The van der Waals surface area contributed by atoms with Crippen molar-refractivity contribution in [1.29, 1.82) is 0 Å². The Balaban J connectivity index is 1.79. The van der Waals surface area contributed by atoms with Gasteiger partial charge in [-0.2, -0.15) is 0 Å². The molecule has 0 spiro atoms. The fourth-order valence-corrected chi connectivity index (χ4v) is 2.45. The molecule has 3 rings (SSSR count). The minimum absolute atomic E-state index is 0.383. The molecule has 2 aromatic rings. The van der Waals surface area contributed by atoms with E-state index < -0.39 is 0 Å². The summed E-state index contributed by atoms with van der Waals surface area (Å²) in [5, 5.41) is 1.23. The SMILES string of the molecule is NC(CCc1cccc2cccnc12)C1CC1. The Morgan fingerprint density at radius 1 is 1.24 bits per heavy atom. The summed E-state index contributed by atoms with van der Waals surface area (Å²) in [7, 11) is 0. The zero-order valence-corrected chi connectivity index (χ0v) is 9.97. The van der Waals surface area contributed by atoms with E-state index in [4.69, 9.17) is 5.73 Å². The number of para-hydroxylation sites is 1. The first-order valence-electron chi connectivity index (χ1n) is 6.43. The fourth-order valence-electron chi connectivity index (χ4n) is 2.45. The zero-order valence-electron chi connectivity index (χ0n) is 9.97. The number of hydrogen-bond donors (Lipinski definition) is 1. The van der Waals surface area contributed by atoms with Crippen molar-refractivity contribution in [2.45, 2.75) is 31.7 Å². The van der Waals surface area contributed by atoms with Crippen LogP contribution in [0.15, 0.2) is 36.5 Å². The molecule has 0 saturated heterocycles. The summed E-state index contributed by atoms with van der Waals surface area (Å²) in [6.07, 6.45) is 6.66. The van der Waals surface area contributed by atoms with Gasteiger partial charge in [-0.1, -0.05) is 24.3 Å². The van der Waals surface area contributed by atoms with Gasteiger partial charge in [-0.15, -0.1) is 0 Å². The van der Waals surface area contributed by atoms with Crippen LogP contribution < -0.4 is 5.73 Å². The highest BCUT2D eigenvalue weighted by atomic mass is 14.7. The third kappa shape index (κ3) is 2.32. The Labute approximate surface area is 102 Å². The second-order valence-corrected chi connectivity index (χ2v) is 5.03. The van der Waals surface area contributed by atoms with E-state index in [9.17, 15) is 0 Å². The van der Waals surface area contributed by atoms with Crippen LogP contribution in [0.1, 0.15) is 24.8 Å². The van der Waals surface area contributed by atoms with Crippen molar-refractivity contribution in [3.8, 4) is 0 Å². The molecule has 1 aromatic heterocycles. The lowest BCUT2D eigenvalue weighted by Gasteiger charge is -2.11. The summed E-state index contributed by atoms with van der Waals surface area (Å²) >= 11 is 0. The van der Waals surface area contributed by atoms with Crippen molar-refractivity contribution in [3.05, 3.63) is 42.1 Å². The van der Waals surface area contributed by atoms with Crippen LogP contribution in [0, 0.1) is 5.92 Å². The van der Waals surface area contributed by atoms with Crippen LogP contribution in [0.4, 0.5) is 0 Å². The Morgan fingerprint density at radius 2 is 2.06 bits per heavy atom. The van der Waals surface area contributed by atoms with Crippen molar-refractivity contribution in [3.63, 3.8) is 0 Å². The van der Waals surface area contributed by atoms with E-state index in [-0.39, 0.29) is 0 Å². The smallest absolute Gasteiger partial charge is 0.0733 e. The van der Waals surface area contributed by atoms with Crippen molar-refractivity contribution in [2.24, 2.45) is 11.7 Å². The average Bonchev–Trinajstić information content (AvgIpc) is 3.20. The molecule has 0 radical (unpaired) electrons. The maximum absolute atomic E-state index is 6.15. The molecular formula is C15H18N2. The second-order valence-electron chi connectivity index (χ2n) is 5.03. The van der Waals surface area contributed by atoms with E-state index in [0.717, 1.165) is 24.3 Å². The molecule has 1 fully saturated rings.